The first kappa shape index (κ1) is 12.5. The maximum absolute atomic E-state index is 12.3. The molecule has 4 bridgehead atoms. The molecule has 0 aliphatic heterocycles. The van der Waals surface area contributed by atoms with Gasteiger partial charge in [-0.25, -0.2) is 0 Å². The molecule has 1 unspecified atom stereocenters. The van der Waals surface area contributed by atoms with E-state index in [1.165, 1.54) is 38.5 Å². The quantitative estimate of drug-likeness (QED) is 0.802. The van der Waals surface area contributed by atoms with E-state index in [2.05, 4.69) is 5.32 Å². The summed E-state index contributed by atoms with van der Waals surface area (Å²) in [6.45, 7) is 2.61. The van der Waals surface area contributed by atoms with Crippen LogP contribution < -0.4 is 11.1 Å². The predicted octanol–water partition coefficient (Wildman–Crippen LogP) is 2.06. The average molecular weight is 250 g/mol. The van der Waals surface area contributed by atoms with Crippen LogP contribution >= 0.6 is 0 Å². The molecule has 0 aromatic heterocycles. The molecule has 0 aromatic carbocycles. The molecule has 1 amide bonds. The Morgan fingerprint density at radius 1 is 1.22 bits per heavy atom. The number of rotatable bonds is 4. The van der Waals surface area contributed by atoms with Crippen LogP contribution in [0.25, 0.3) is 0 Å². The van der Waals surface area contributed by atoms with Crippen LogP contribution in [0.2, 0.25) is 0 Å². The molecule has 3 heteroatoms. The summed E-state index contributed by atoms with van der Waals surface area (Å²) < 4.78 is 0. The third-order valence-electron chi connectivity index (χ3n) is 5.47. The van der Waals surface area contributed by atoms with Crippen LogP contribution in [0.15, 0.2) is 0 Å². The van der Waals surface area contributed by atoms with E-state index in [4.69, 9.17) is 5.73 Å². The Labute approximate surface area is 110 Å². The Kier molecular flexibility index (Phi) is 3.13. The minimum absolute atomic E-state index is 0.0722. The van der Waals surface area contributed by atoms with Crippen LogP contribution in [0, 0.1) is 23.7 Å². The van der Waals surface area contributed by atoms with Crippen molar-refractivity contribution in [3.63, 3.8) is 0 Å². The number of carbonyl (C=O) groups excluding carboxylic acids is 1. The molecule has 0 spiro atoms. The summed E-state index contributed by atoms with van der Waals surface area (Å²) in [5.41, 5.74) is 5.71. The molecule has 1 atom stereocenters. The SMILES string of the molecule is CC(CCN)C(=O)NC12CC3CC(CC(C3)C1)C2. The molecule has 18 heavy (non-hydrogen) atoms. The van der Waals surface area contributed by atoms with Gasteiger partial charge in [-0.15, -0.1) is 0 Å². The third kappa shape index (κ3) is 2.18. The highest BCUT2D eigenvalue weighted by atomic mass is 16.2. The predicted molar refractivity (Wildman–Crippen MR) is 71.9 cm³/mol. The van der Waals surface area contributed by atoms with Crippen LogP contribution in [0.3, 0.4) is 0 Å². The van der Waals surface area contributed by atoms with E-state index in [0.29, 0.717) is 6.54 Å². The highest BCUT2D eigenvalue weighted by Gasteiger charge is 2.51. The Bertz CT molecular complexity index is 304. The summed E-state index contributed by atoms with van der Waals surface area (Å²) in [5.74, 6) is 2.98. The molecular formula is C15H26N2O. The summed E-state index contributed by atoms with van der Waals surface area (Å²) in [6.07, 6.45) is 8.78. The van der Waals surface area contributed by atoms with Gasteiger partial charge < -0.3 is 11.1 Å². The summed E-state index contributed by atoms with van der Waals surface area (Å²) >= 11 is 0. The van der Waals surface area contributed by atoms with Gasteiger partial charge in [-0.1, -0.05) is 6.92 Å². The number of hydrogen-bond donors (Lipinski definition) is 2. The molecule has 0 saturated heterocycles. The van der Waals surface area contributed by atoms with Crippen molar-refractivity contribution in [1.29, 1.82) is 0 Å². The normalized spacial score (nSPS) is 42.9. The van der Waals surface area contributed by atoms with E-state index < -0.39 is 0 Å². The lowest BCUT2D eigenvalue weighted by Crippen LogP contribution is -2.60. The number of amides is 1. The van der Waals surface area contributed by atoms with Crippen molar-refractivity contribution < 1.29 is 4.79 Å². The molecular weight excluding hydrogens is 224 g/mol. The summed E-state index contributed by atoms with van der Waals surface area (Å²) in [4.78, 5) is 12.3. The zero-order chi connectivity index (χ0) is 12.8. The standard InChI is InChI=1S/C15H26N2O/c1-10(2-3-16)14(18)17-15-7-11-4-12(8-15)6-13(5-11)9-15/h10-13H,2-9,16H2,1H3,(H,17,18). The second-order valence-electron chi connectivity index (χ2n) is 7.17. The first-order chi connectivity index (χ1) is 8.60. The van der Waals surface area contributed by atoms with Crippen molar-refractivity contribution in [2.45, 2.75) is 57.4 Å². The largest absolute Gasteiger partial charge is 0.350 e. The van der Waals surface area contributed by atoms with Gasteiger partial charge in [0.05, 0.1) is 0 Å². The van der Waals surface area contributed by atoms with Gasteiger partial charge in [-0.3, -0.25) is 4.79 Å². The molecule has 4 saturated carbocycles. The summed E-state index contributed by atoms with van der Waals surface area (Å²) in [6, 6.07) is 0. The number of nitrogens with one attached hydrogen (secondary N) is 1. The van der Waals surface area contributed by atoms with E-state index in [0.717, 1.165) is 24.2 Å². The second kappa shape index (κ2) is 4.52. The summed E-state index contributed by atoms with van der Waals surface area (Å²) in [5, 5.41) is 3.41. The Morgan fingerprint density at radius 2 is 1.72 bits per heavy atom. The lowest BCUT2D eigenvalue weighted by molar-refractivity contribution is -0.130. The van der Waals surface area contributed by atoms with Gasteiger partial charge in [0.15, 0.2) is 0 Å². The topological polar surface area (TPSA) is 55.1 Å². The average Bonchev–Trinajstić information content (AvgIpc) is 2.26. The van der Waals surface area contributed by atoms with E-state index in [1.54, 1.807) is 0 Å². The zero-order valence-corrected chi connectivity index (χ0v) is 11.5. The Morgan fingerprint density at radius 3 is 2.17 bits per heavy atom. The van der Waals surface area contributed by atoms with Crippen LogP contribution in [-0.4, -0.2) is 18.0 Å². The van der Waals surface area contributed by atoms with Crippen molar-refractivity contribution in [2.75, 3.05) is 6.54 Å². The minimum atomic E-state index is 0.0722. The van der Waals surface area contributed by atoms with Gasteiger partial charge in [0.2, 0.25) is 5.91 Å². The van der Waals surface area contributed by atoms with Crippen LogP contribution in [0.1, 0.15) is 51.9 Å². The van der Waals surface area contributed by atoms with Crippen molar-refractivity contribution >= 4 is 5.91 Å². The fourth-order valence-electron chi connectivity index (χ4n) is 5.03. The lowest BCUT2D eigenvalue weighted by atomic mass is 9.53. The number of nitrogens with two attached hydrogens (primary N) is 1. The minimum Gasteiger partial charge on any atom is -0.350 e. The first-order valence-corrected chi connectivity index (χ1v) is 7.62. The Hall–Kier alpha value is -0.570. The monoisotopic (exact) mass is 250 g/mol. The van der Waals surface area contributed by atoms with Crippen LogP contribution in [0.4, 0.5) is 0 Å². The molecule has 0 aromatic rings. The number of carbonyl (C=O) groups is 1. The van der Waals surface area contributed by atoms with Gasteiger partial charge >= 0.3 is 0 Å². The third-order valence-corrected chi connectivity index (χ3v) is 5.47. The van der Waals surface area contributed by atoms with Crippen molar-refractivity contribution in [2.24, 2.45) is 29.4 Å². The molecule has 4 aliphatic carbocycles. The van der Waals surface area contributed by atoms with Crippen molar-refractivity contribution in [3.05, 3.63) is 0 Å². The fraction of sp³-hybridized carbons (Fsp3) is 0.933. The second-order valence-corrected chi connectivity index (χ2v) is 7.17. The van der Waals surface area contributed by atoms with Gasteiger partial charge in [0, 0.05) is 11.5 Å². The molecule has 0 heterocycles. The van der Waals surface area contributed by atoms with E-state index in [-0.39, 0.29) is 17.4 Å². The molecule has 3 N–H and O–H groups in total. The van der Waals surface area contributed by atoms with Crippen LogP contribution in [0.5, 0.6) is 0 Å². The molecule has 0 radical (unpaired) electrons. The molecule has 4 rings (SSSR count). The van der Waals surface area contributed by atoms with Gasteiger partial charge in [0.1, 0.15) is 0 Å². The van der Waals surface area contributed by atoms with Crippen molar-refractivity contribution in [3.8, 4) is 0 Å². The maximum atomic E-state index is 12.3. The van der Waals surface area contributed by atoms with Gasteiger partial charge in [-0.05, 0) is 69.2 Å². The Balaban J connectivity index is 1.67. The molecule has 4 aliphatic rings. The highest BCUT2D eigenvalue weighted by Crippen LogP contribution is 2.55. The zero-order valence-electron chi connectivity index (χ0n) is 11.5. The fourth-order valence-corrected chi connectivity index (χ4v) is 5.03. The van der Waals surface area contributed by atoms with Gasteiger partial charge in [0.25, 0.3) is 0 Å². The van der Waals surface area contributed by atoms with Crippen LogP contribution in [-0.2, 0) is 4.79 Å². The molecule has 102 valence electrons. The molecule has 4 fully saturated rings. The molecule has 3 nitrogen and oxygen atoms in total. The van der Waals surface area contributed by atoms with Crippen molar-refractivity contribution in [1.82, 2.24) is 5.32 Å². The van der Waals surface area contributed by atoms with E-state index in [9.17, 15) is 4.79 Å². The smallest absolute Gasteiger partial charge is 0.223 e. The highest BCUT2D eigenvalue weighted by molar-refractivity contribution is 5.79. The summed E-state index contributed by atoms with van der Waals surface area (Å²) in [7, 11) is 0. The van der Waals surface area contributed by atoms with E-state index >= 15 is 0 Å². The van der Waals surface area contributed by atoms with E-state index in [1.807, 2.05) is 6.92 Å². The first-order valence-electron chi connectivity index (χ1n) is 7.62. The number of hydrogen-bond acceptors (Lipinski definition) is 2. The maximum Gasteiger partial charge on any atom is 0.223 e. The van der Waals surface area contributed by atoms with Gasteiger partial charge in [-0.2, -0.15) is 0 Å². The lowest BCUT2D eigenvalue weighted by Gasteiger charge is -2.57.